The summed E-state index contributed by atoms with van der Waals surface area (Å²) in [5, 5.41) is 11.2. The largest absolute Gasteiger partial charge is 0.465 e. The normalized spacial score (nSPS) is 10.6. The Morgan fingerprint density at radius 2 is 1.27 bits per heavy atom. The van der Waals surface area contributed by atoms with Crippen LogP contribution in [0, 0.1) is 0 Å². The van der Waals surface area contributed by atoms with Crippen LogP contribution in [0.5, 0.6) is 0 Å². The number of carbonyl (C=O) groups excluding carboxylic acids is 1. The molecule has 0 aromatic heterocycles. The van der Waals surface area contributed by atoms with Crippen molar-refractivity contribution in [3.63, 3.8) is 0 Å². The van der Waals surface area contributed by atoms with Gasteiger partial charge in [0.1, 0.15) is 0 Å². The average Bonchev–Trinajstić information content (AvgIpc) is 2.79. The maximum Gasteiger partial charge on any atom is 0.404 e. The van der Waals surface area contributed by atoms with E-state index in [-0.39, 0.29) is 18.4 Å². The molecular weight excluding hydrogens is 376 g/mol. The summed E-state index contributed by atoms with van der Waals surface area (Å²) >= 11 is 0. The fourth-order valence-electron chi connectivity index (χ4n) is 3.56. The summed E-state index contributed by atoms with van der Waals surface area (Å²) < 4.78 is 0. The SMILES string of the molecule is O=C(O)NCCN(CCC(c1ccccc1)c1ccccc1)C(=O)c1ccccc1. The van der Waals surface area contributed by atoms with Crippen molar-refractivity contribution in [3.8, 4) is 0 Å². The van der Waals surface area contributed by atoms with Gasteiger partial charge < -0.3 is 15.3 Å². The Hall–Kier alpha value is -3.60. The molecule has 0 aliphatic carbocycles. The molecule has 0 aliphatic heterocycles. The molecule has 3 rings (SSSR count). The van der Waals surface area contributed by atoms with E-state index in [9.17, 15) is 9.59 Å². The van der Waals surface area contributed by atoms with E-state index < -0.39 is 6.09 Å². The summed E-state index contributed by atoms with van der Waals surface area (Å²) in [6, 6.07) is 29.6. The van der Waals surface area contributed by atoms with E-state index in [0.29, 0.717) is 18.7 Å². The smallest absolute Gasteiger partial charge is 0.404 e. The van der Waals surface area contributed by atoms with Crippen molar-refractivity contribution >= 4 is 12.0 Å². The van der Waals surface area contributed by atoms with E-state index in [1.165, 1.54) is 11.1 Å². The van der Waals surface area contributed by atoms with Gasteiger partial charge in [0.15, 0.2) is 0 Å². The summed E-state index contributed by atoms with van der Waals surface area (Å²) in [6.45, 7) is 1.02. The monoisotopic (exact) mass is 402 g/mol. The van der Waals surface area contributed by atoms with E-state index in [1.807, 2.05) is 54.6 Å². The van der Waals surface area contributed by atoms with E-state index in [1.54, 1.807) is 17.0 Å². The molecule has 154 valence electrons. The zero-order chi connectivity index (χ0) is 21.2. The van der Waals surface area contributed by atoms with Crippen molar-refractivity contribution < 1.29 is 14.7 Å². The van der Waals surface area contributed by atoms with E-state index in [2.05, 4.69) is 29.6 Å². The number of benzene rings is 3. The van der Waals surface area contributed by atoms with Crippen molar-refractivity contribution in [2.45, 2.75) is 12.3 Å². The molecule has 0 unspecified atom stereocenters. The van der Waals surface area contributed by atoms with Crippen molar-refractivity contribution in [2.24, 2.45) is 0 Å². The van der Waals surface area contributed by atoms with Crippen molar-refractivity contribution in [1.82, 2.24) is 10.2 Å². The van der Waals surface area contributed by atoms with Gasteiger partial charge in [-0.05, 0) is 29.7 Å². The van der Waals surface area contributed by atoms with Crippen LogP contribution in [0.1, 0.15) is 33.8 Å². The lowest BCUT2D eigenvalue weighted by Gasteiger charge is -2.26. The van der Waals surface area contributed by atoms with Gasteiger partial charge in [-0.25, -0.2) is 4.79 Å². The predicted molar refractivity (Wildman–Crippen MR) is 118 cm³/mol. The summed E-state index contributed by atoms with van der Waals surface area (Å²) in [5.41, 5.74) is 2.99. The van der Waals surface area contributed by atoms with Gasteiger partial charge in [-0.3, -0.25) is 4.79 Å². The van der Waals surface area contributed by atoms with Crippen LogP contribution in [-0.4, -0.2) is 41.6 Å². The molecule has 0 heterocycles. The first-order chi connectivity index (χ1) is 14.6. The lowest BCUT2D eigenvalue weighted by Crippen LogP contribution is -2.39. The summed E-state index contributed by atoms with van der Waals surface area (Å²) in [6.07, 6.45) is -0.354. The minimum atomic E-state index is -1.09. The molecule has 5 heteroatoms. The maximum atomic E-state index is 13.1. The molecule has 0 atom stereocenters. The van der Waals surface area contributed by atoms with E-state index in [0.717, 1.165) is 6.42 Å². The third-order valence-corrected chi connectivity index (χ3v) is 5.06. The molecule has 2 amide bonds. The Kier molecular flexibility index (Phi) is 7.61. The highest BCUT2D eigenvalue weighted by Gasteiger charge is 2.20. The molecule has 30 heavy (non-hydrogen) atoms. The summed E-state index contributed by atoms with van der Waals surface area (Å²) in [5.74, 6) is 0.0496. The third kappa shape index (κ3) is 5.95. The first-order valence-corrected chi connectivity index (χ1v) is 10.1. The number of amides is 2. The number of carboxylic acid groups (broad SMARTS) is 1. The second kappa shape index (κ2) is 10.8. The van der Waals surface area contributed by atoms with E-state index >= 15 is 0 Å². The van der Waals surface area contributed by atoms with Crippen molar-refractivity contribution in [3.05, 3.63) is 108 Å². The highest BCUT2D eigenvalue weighted by molar-refractivity contribution is 5.94. The zero-order valence-corrected chi connectivity index (χ0v) is 16.8. The van der Waals surface area contributed by atoms with Gasteiger partial charge in [0.05, 0.1) is 0 Å². The van der Waals surface area contributed by atoms with Gasteiger partial charge in [-0.1, -0.05) is 78.9 Å². The number of rotatable bonds is 9. The van der Waals surface area contributed by atoms with Crippen LogP contribution < -0.4 is 5.32 Å². The van der Waals surface area contributed by atoms with Crippen LogP contribution >= 0.6 is 0 Å². The van der Waals surface area contributed by atoms with Crippen LogP contribution in [0.3, 0.4) is 0 Å². The molecule has 0 saturated heterocycles. The molecule has 0 saturated carbocycles. The van der Waals surface area contributed by atoms with Gasteiger partial charge >= 0.3 is 6.09 Å². The second-order valence-electron chi connectivity index (χ2n) is 7.05. The first kappa shape index (κ1) is 21.1. The molecule has 2 N–H and O–H groups in total. The van der Waals surface area contributed by atoms with Gasteiger partial charge in [0.25, 0.3) is 5.91 Å². The summed E-state index contributed by atoms with van der Waals surface area (Å²) in [7, 11) is 0. The quantitative estimate of drug-likeness (QED) is 0.549. The van der Waals surface area contributed by atoms with Gasteiger partial charge in [0, 0.05) is 31.1 Å². The van der Waals surface area contributed by atoms with Gasteiger partial charge in [-0.15, -0.1) is 0 Å². The first-order valence-electron chi connectivity index (χ1n) is 10.1. The van der Waals surface area contributed by atoms with Crippen LogP contribution in [0.25, 0.3) is 0 Å². The lowest BCUT2D eigenvalue weighted by molar-refractivity contribution is 0.0752. The molecule has 0 radical (unpaired) electrons. The summed E-state index contributed by atoms with van der Waals surface area (Å²) in [4.78, 5) is 25.6. The second-order valence-corrected chi connectivity index (χ2v) is 7.05. The van der Waals surface area contributed by atoms with Crippen molar-refractivity contribution in [1.29, 1.82) is 0 Å². The highest BCUT2D eigenvalue weighted by Crippen LogP contribution is 2.28. The third-order valence-electron chi connectivity index (χ3n) is 5.06. The van der Waals surface area contributed by atoms with Crippen LogP contribution in [0.2, 0.25) is 0 Å². The lowest BCUT2D eigenvalue weighted by atomic mass is 9.88. The molecule has 0 aliphatic rings. The topological polar surface area (TPSA) is 69.6 Å². The Bertz CT molecular complexity index is 891. The Balaban J connectivity index is 1.79. The van der Waals surface area contributed by atoms with Crippen molar-refractivity contribution in [2.75, 3.05) is 19.6 Å². The number of hydrogen-bond acceptors (Lipinski definition) is 2. The predicted octanol–water partition coefficient (Wildman–Crippen LogP) is 4.62. The fourth-order valence-corrected chi connectivity index (χ4v) is 3.56. The molecule has 0 bridgehead atoms. The standard InChI is InChI=1S/C25H26N2O3/c28-24(22-14-8-3-9-15-22)27(19-17-26-25(29)30)18-16-23(20-10-4-1-5-11-20)21-12-6-2-7-13-21/h1-15,23,26H,16-19H2,(H,29,30). The number of nitrogens with zero attached hydrogens (tertiary/aromatic N) is 1. The minimum absolute atomic E-state index is 0.0948. The van der Waals surface area contributed by atoms with Gasteiger partial charge in [0.2, 0.25) is 0 Å². The van der Waals surface area contributed by atoms with Crippen LogP contribution in [-0.2, 0) is 0 Å². The molecule has 3 aromatic carbocycles. The maximum absolute atomic E-state index is 13.1. The molecule has 0 spiro atoms. The number of carbonyl (C=O) groups is 2. The number of hydrogen-bond donors (Lipinski definition) is 2. The fraction of sp³-hybridized carbons (Fsp3) is 0.200. The Morgan fingerprint density at radius 3 is 1.77 bits per heavy atom. The van der Waals surface area contributed by atoms with Crippen LogP contribution in [0.4, 0.5) is 4.79 Å². The van der Waals surface area contributed by atoms with E-state index in [4.69, 9.17) is 5.11 Å². The van der Waals surface area contributed by atoms with Gasteiger partial charge in [-0.2, -0.15) is 0 Å². The minimum Gasteiger partial charge on any atom is -0.465 e. The van der Waals surface area contributed by atoms with Crippen LogP contribution in [0.15, 0.2) is 91.0 Å². The Labute approximate surface area is 177 Å². The average molecular weight is 402 g/mol. The zero-order valence-electron chi connectivity index (χ0n) is 16.8. The molecule has 3 aromatic rings. The molecule has 5 nitrogen and oxygen atoms in total. The Morgan fingerprint density at radius 1 is 0.767 bits per heavy atom. The number of nitrogens with one attached hydrogen (secondary N) is 1. The molecule has 0 fully saturated rings. The highest BCUT2D eigenvalue weighted by atomic mass is 16.4. The molecular formula is C25H26N2O3.